The molecule has 2 aromatic carbocycles. The molecule has 0 saturated heterocycles. The maximum absolute atomic E-state index is 12.7. The van der Waals surface area contributed by atoms with Gasteiger partial charge in [-0.3, -0.25) is 9.59 Å². The molecule has 0 saturated carbocycles. The molecule has 0 fully saturated rings. The fraction of sp³-hybridized carbons (Fsp3) is 0.462. The van der Waals surface area contributed by atoms with Crippen molar-refractivity contribution >= 4 is 11.9 Å². The van der Waals surface area contributed by atoms with Gasteiger partial charge in [-0.05, 0) is 104 Å². The molecule has 0 unspecified atom stereocenters. The molecular weight excluding hydrogens is 376 g/mol. The molecule has 0 amide bonds. The summed E-state index contributed by atoms with van der Waals surface area (Å²) >= 11 is 0. The van der Waals surface area contributed by atoms with E-state index in [9.17, 15) is 9.59 Å². The fourth-order valence-electron chi connectivity index (χ4n) is 2.88. The van der Waals surface area contributed by atoms with E-state index in [0.29, 0.717) is 11.5 Å². The molecule has 162 valence electrons. The molecule has 30 heavy (non-hydrogen) atoms. The molecule has 0 aliphatic rings. The van der Waals surface area contributed by atoms with Crippen LogP contribution in [0.15, 0.2) is 24.3 Å². The van der Waals surface area contributed by atoms with Crippen LogP contribution in [0.1, 0.15) is 63.8 Å². The van der Waals surface area contributed by atoms with Crippen molar-refractivity contribution in [2.75, 3.05) is 0 Å². The van der Waals surface area contributed by atoms with Crippen molar-refractivity contribution in [3.8, 4) is 22.6 Å². The van der Waals surface area contributed by atoms with Crippen molar-refractivity contribution in [2.45, 2.75) is 69.2 Å². The third-order valence-electron chi connectivity index (χ3n) is 5.28. The Balaban J connectivity index is 2.77. The van der Waals surface area contributed by atoms with Crippen LogP contribution in [0.3, 0.4) is 0 Å². The number of ether oxygens (including phenoxy) is 2. The highest BCUT2D eigenvalue weighted by molar-refractivity contribution is 5.88. The minimum Gasteiger partial charge on any atom is -0.425 e. The van der Waals surface area contributed by atoms with Crippen molar-refractivity contribution in [1.82, 2.24) is 0 Å². The molecule has 0 spiro atoms. The number of hydrogen-bond acceptors (Lipinski definition) is 4. The number of rotatable bonds is 3. The second-order valence-electron chi connectivity index (χ2n) is 10.0. The lowest BCUT2D eigenvalue weighted by atomic mass is 9.90. The van der Waals surface area contributed by atoms with Gasteiger partial charge in [0.25, 0.3) is 0 Å². The third-order valence-corrected chi connectivity index (χ3v) is 5.28. The average Bonchev–Trinajstić information content (AvgIpc) is 2.61. The Morgan fingerprint density at radius 1 is 0.600 bits per heavy atom. The molecule has 4 heteroatoms. The zero-order valence-corrected chi connectivity index (χ0v) is 19.9. The monoisotopic (exact) mass is 410 g/mol. The molecule has 0 aliphatic carbocycles. The largest absolute Gasteiger partial charge is 0.425 e. The lowest BCUT2D eigenvalue weighted by Gasteiger charge is -2.24. The van der Waals surface area contributed by atoms with Gasteiger partial charge in [0.15, 0.2) is 0 Å². The first-order chi connectivity index (χ1) is 13.6. The Morgan fingerprint density at radius 3 is 1.17 bits per heavy atom. The summed E-state index contributed by atoms with van der Waals surface area (Å²) < 4.78 is 11.7. The summed E-state index contributed by atoms with van der Waals surface area (Å²) in [6.07, 6.45) is 0. The van der Waals surface area contributed by atoms with E-state index in [4.69, 9.17) is 9.47 Å². The van der Waals surface area contributed by atoms with Gasteiger partial charge in [0, 0.05) is 11.1 Å². The zero-order valence-electron chi connectivity index (χ0n) is 19.9. The van der Waals surface area contributed by atoms with Crippen LogP contribution in [0.5, 0.6) is 11.5 Å². The highest BCUT2D eigenvalue weighted by Crippen LogP contribution is 2.44. The summed E-state index contributed by atoms with van der Waals surface area (Å²) in [5, 5.41) is 0. The first-order valence-corrected chi connectivity index (χ1v) is 10.3. The Morgan fingerprint density at radius 2 is 0.900 bits per heavy atom. The Bertz CT molecular complexity index is 904. The number of carbonyl (C=O) groups excluding carboxylic acids is 2. The van der Waals surface area contributed by atoms with Gasteiger partial charge in [0.1, 0.15) is 11.5 Å². The van der Waals surface area contributed by atoms with E-state index in [2.05, 4.69) is 0 Å². The van der Waals surface area contributed by atoms with E-state index in [-0.39, 0.29) is 11.9 Å². The Hall–Kier alpha value is -2.62. The molecule has 2 aromatic rings. The van der Waals surface area contributed by atoms with Crippen molar-refractivity contribution < 1.29 is 19.1 Å². The van der Waals surface area contributed by atoms with Crippen LogP contribution in [-0.2, 0) is 9.59 Å². The SMILES string of the molecule is Cc1ccc(OC(=O)C(C)(C)C)c(-c2c(OC(=O)C(C)(C)C)ccc(C)c2C)c1C. The molecule has 0 radical (unpaired) electrons. The molecule has 4 nitrogen and oxygen atoms in total. The molecule has 0 N–H and O–H groups in total. The molecular formula is C26H34O4. The maximum atomic E-state index is 12.7. The van der Waals surface area contributed by atoms with E-state index in [1.807, 2.05) is 93.5 Å². The highest BCUT2D eigenvalue weighted by Gasteiger charge is 2.29. The topological polar surface area (TPSA) is 52.6 Å². The predicted octanol–water partition coefficient (Wildman–Crippen LogP) is 6.49. The van der Waals surface area contributed by atoms with Crippen LogP contribution in [-0.4, -0.2) is 11.9 Å². The quantitative estimate of drug-likeness (QED) is 0.429. The van der Waals surface area contributed by atoms with Gasteiger partial charge >= 0.3 is 11.9 Å². The van der Waals surface area contributed by atoms with Crippen LogP contribution in [0.25, 0.3) is 11.1 Å². The van der Waals surface area contributed by atoms with Crippen LogP contribution in [0, 0.1) is 38.5 Å². The minimum absolute atomic E-state index is 0.314. The van der Waals surface area contributed by atoms with E-state index in [1.165, 1.54) is 0 Å². The fourth-order valence-corrected chi connectivity index (χ4v) is 2.88. The van der Waals surface area contributed by atoms with E-state index >= 15 is 0 Å². The summed E-state index contributed by atoms with van der Waals surface area (Å²) in [5.41, 5.74) is 4.38. The maximum Gasteiger partial charge on any atom is 0.316 e. The molecule has 0 aromatic heterocycles. The summed E-state index contributed by atoms with van der Waals surface area (Å²) in [7, 11) is 0. The molecule has 0 atom stereocenters. The second kappa shape index (κ2) is 8.25. The van der Waals surface area contributed by atoms with Gasteiger partial charge in [0.05, 0.1) is 10.8 Å². The summed E-state index contributed by atoms with van der Waals surface area (Å²) in [6, 6.07) is 7.52. The second-order valence-corrected chi connectivity index (χ2v) is 10.0. The first kappa shape index (κ1) is 23.7. The Labute approximate surface area is 180 Å². The Kier molecular flexibility index (Phi) is 6.51. The van der Waals surface area contributed by atoms with Gasteiger partial charge in [-0.1, -0.05) is 12.1 Å². The van der Waals surface area contributed by atoms with Crippen LogP contribution < -0.4 is 9.47 Å². The van der Waals surface area contributed by atoms with E-state index < -0.39 is 10.8 Å². The minimum atomic E-state index is -0.640. The highest BCUT2D eigenvalue weighted by atomic mass is 16.5. The van der Waals surface area contributed by atoms with Gasteiger partial charge < -0.3 is 9.47 Å². The number of esters is 2. The van der Waals surface area contributed by atoms with Gasteiger partial charge in [-0.15, -0.1) is 0 Å². The number of hydrogen-bond donors (Lipinski definition) is 0. The van der Waals surface area contributed by atoms with Crippen molar-refractivity contribution in [2.24, 2.45) is 10.8 Å². The molecule has 0 heterocycles. The van der Waals surface area contributed by atoms with Crippen LogP contribution in [0.4, 0.5) is 0 Å². The van der Waals surface area contributed by atoms with Gasteiger partial charge in [0.2, 0.25) is 0 Å². The predicted molar refractivity (Wildman–Crippen MR) is 121 cm³/mol. The number of aryl methyl sites for hydroxylation is 2. The molecule has 0 aliphatic heterocycles. The van der Waals surface area contributed by atoms with Crippen LogP contribution in [0.2, 0.25) is 0 Å². The third kappa shape index (κ3) is 4.92. The standard InChI is InChI=1S/C26H34O4/c1-15-11-13-19(29-23(27)25(5,6)7)21(17(15)3)22-18(4)16(2)12-14-20(22)30-24(28)26(8,9)10/h11-14H,1-10H3. The molecule has 2 rings (SSSR count). The normalized spacial score (nSPS) is 11.9. The average molecular weight is 411 g/mol. The van der Waals surface area contributed by atoms with E-state index in [1.54, 1.807) is 0 Å². The summed E-state index contributed by atoms with van der Waals surface area (Å²) in [5.74, 6) is 0.315. The molecule has 0 bridgehead atoms. The number of carbonyl (C=O) groups is 2. The lowest BCUT2D eigenvalue weighted by molar-refractivity contribution is -0.143. The van der Waals surface area contributed by atoms with Gasteiger partial charge in [-0.2, -0.15) is 0 Å². The smallest absolute Gasteiger partial charge is 0.316 e. The van der Waals surface area contributed by atoms with Crippen molar-refractivity contribution in [3.63, 3.8) is 0 Å². The zero-order chi connectivity index (χ0) is 23.0. The first-order valence-electron chi connectivity index (χ1n) is 10.3. The van der Waals surface area contributed by atoms with Crippen molar-refractivity contribution in [1.29, 1.82) is 0 Å². The van der Waals surface area contributed by atoms with Crippen molar-refractivity contribution in [3.05, 3.63) is 46.5 Å². The van der Waals surface area contributed by atoms with E-state index in [0.717, 1.165) is 33.4 Å². The van der Waals surface area contributed by atoms with Gasteiger partial charge in [-0.25, -0.2) is 0 Å². The summed E-state index contributed by atoms with van der Waals surface area (Å²) in [6.45, 7) is 19.0. The van der Waals surface area contributed by atoms with Crippen LogP contribution >= 0.6 is 0 Å². The lowest BCUT2D eigenvalue weighted by Crippen LogP contribution is -2.26. The number of benzene rings is 2. The summed E-state index contributed by atoms with van der Waals surface area (Å²) in [4.78, 5) is 25.3.